The maximum absolute atomic E-state index is 13.3. The summed E-state index contributed by atoms with van der Waals surface area (Å²) in [6, 6.07) is -0.246. The van der Waals surface area contributed by atoms with Crippen LogP contribution < -0.4 is 22.5 Å². The Kier molecular flexibility index (Phi) is 10.3. The van der Waals surface area contributed by atoms with Crippen LogP contribution in [0.1, 0.15) is 80.1 Å². The van der Waals surface area contributed by atoms with Crippen LogP contribution in [0.5, 0.6) is 0 Å². The van der Waals surface area contributed by atoms with Crippen LogP contribution in [0.2, 0.25) is 0 Å². The summed E-state index contributed by atoms with van der Waals surface area (Å²) in [7, 11) is 0. The minimum absolute atomic E-state index is 0.112. The highest BCUT2D eigenvalue weighted by molar-refractivity contribution is 5.89. The minimum Gasteiger partial charge on any atom is -0.370 e. The summed E-state index contributed by atoms with van der Waals surface area (Å²) in [5.74, 6) is 0.698. The van der Waals surface area contributed by atoms with E-state index < -0.39 is 5.66 Å². The Morgan fingerprint density at radius 2 is 1.60 bits per heavy atom. The summed E-state index contributed by atoms with van der Waals surface area (Å²) < 4.78 is 0. The Morgan fingerprint density at radius 3 is 2.00 bits per heavy atom. The number of carbonyl (C=O) groups is 1. The maximum Gasteiger partial charge on any atom is 0.185 e. The molecule has 2 atom stereocenters. The molecule has 0 aliphatic heterocycles. The molecule has 0 fully saturated rings. The molecular formula is C19H41N5O. The number of Topliss-reactive ketones (excluding diaryl/α,β-unsaturated/α-hetero) is 1. The molecule has 0 spiro atoms. The lowest BCUT2D eigenvalue weighted by Crippen LogP contribution is -2.60. The van der Waals surface area contributed by atoms with Gasteiger partial charge in [0.05, 0.1) is 11.7 Å². The van der Waals surface area contributed by atoms with Gasteiger partial charge >= 0.3 is 0 Å². The smallest absolute Gasteiger partial charge is 0.185 e. The van der Waals surface area contributed by atoms with Crippen LogP contribution in [0.25, 0.3) is 0 Å². The van der Waals surface area contributed by atoms with E-state index in [0.717, 1.165) is 38.5 Å². The highest BCUT2D eigenvalue weighted by atomic mass is 16.1. The molecule has 6 nitrogen and oxygen atoms in total. The monoisotopic (exact) mass is 355 g/mol. The number of nitrogens with one attached hydrogen (secondary N) is 1. The van der Waals surface area contributed by atoms with Crippen LogP contribution in [-0.4, -0.2) is 30.0 Å². The minimum atomic E-state index is -0.512. The fourth-order valence-electron chi connectivity index (χ4n) is 2.99. The molecule has 0 aromatic rings. The molecule has 148 valence electrons. The van der Waals surface area contributed by atoms with E-state index in [-0.39, 0.29) is 23.2 Å². The van der Waals surface area contributed by atoms with Crippen molar-refractivity contribution in [3.63, 3.8) is 0 Å². The first kappa shape index (κ1) is 23.9. The summed E-state index contributed by atoms with van der Waals surface area (Å²) in [5, 5.41) is 3.48. The van der Waals surface area contributed by atoms with Crippen LogP contribution in [0.3, 0.4) is 0 Å². The molecule has 0 aromatic heterocycles. The summed E-state index contributed by atoms with van der Waals surface area (Å²) in [6.45, 7) is 13.0. The lowest BCUT2D eigenvalue weighted by atomic mass is 9.75. The number of carbonyl (C=O) groups excluding carboxylic acids is 1. The number of aliphatic imine (C=N–C) groups is 1. The first-order valence-corrected chi connectivity index (χ1v) is 9.73. The Bertz CT molecular complexity index is 424. The van der Waals surface area contributed by atoms with Gasteiger partial charge in [-0.1, -0.05) is 41.5 Å². The van der Waals surface area contributed by atoms with E-state index in [2.05, 4.69) is 51.9 Å². The Labute approximate surface area is 154 Å². The van der Waals surface area contributed by atoms with Crippen molar-refractivity contribution in [2.75, 3.05) is 6.54 Å². The zero-order valence-electron chi connectivity index (χ0n) is 17.2. The molecule has 25 heavy (non-hydrogen) atoms. The van der Waals surface area contributed by atoms with Gasteiger partial charge in [-0.3, -0.25) is 15.1 Å². The van der Waals surface area contributed by atoms with E-state index in [4.69, 9.17) is 17.2 Å². The quantitative estimate of drug-likeness (QED) is 0.230. The fourth-order valence-corrected chi connectivity index (χ4v) is 2.99. The fraction of sp³-hybridized carbons (Fsp3) is 0.895. The van der Waals surface area contributed by atoms with Crippen LogP contribution in [0, 0.1) is 11.3 Å². The van der Waals surface area contributed by atoms with Crippen molar-refractivity contribution in [2.24, 2.45) is 33.5 Å². The topological polar surface area (TPSA) is 120 Å². The van der Waals surface area contributed by atoms with Gasteiger partial charge in [-0.2, -0.15) is 0 Å². The highest BCUT2D eigenvalue weighted by Crippen LogP contribution is 2.30. The first-order valence-electron chi connectivity index (χ1n) is 9.73. The number of nitrogens with two attached hydrogens (primary N) is 3. The van der Waals surface area contributed by atoms with Gasteiger partial charge in [0, 0.05) is 12.0 Å². The van der Waals surface area contributed by atoms with Crippen LogP contribution in [-0.2, 0) is 4.79 Å². The second kappa shape index (κ2) is 10.8. The van der Waals surface area contributed by atoms with Crippen LogP contribution in [0.15, 0.2) is 4.99 Å². The molecule has 0 radical (unpaired) electrons. The first-order chi connectivity index (χ1) is 11.6. The standard InChI is InChI=1S/C19H41N5O/c1-7-18(6,8-2)16(25)15(24-19(22,9-3)10-4)13-14(5)11-12-23-17(20)21/h14-15,24H,7-13,22H2,1-6H3,(H4,20,21,23). The summed E-state index contributed by atoms with van der Waals surface area (Å²) in [5.41, 5.74) is 16.4. The molecular weight excluding hydrogens is 314 g/mol. The predicted molar refractivity (Wildman–Crippen MR) is 107 cm³/mol. The van der Waals surface area contributed by atoms with Gasteiger partial charge in [-0.05, 0) is 44.4 Å². The van der Waals surface area contributed by atoms with Crippen molar-refractivity contribution in [1.82, 2.24) is 5.32 Å². The van der Waals surface area contributed by atoms with E-state index >= 15 is 0 Å². The van der Waals surface area contributed by atoms with Crippen molar-refractivity contribution in [3.05, 3.63) is 0 Å². The van der Waals surface area contributed by atoms with Crippen molar-refractivity contribution in [3.8, 4) is 0 Å². The Balaban J connectivity index is 5.26. The molecule has 7 N–H and O–H groups in total. The number of ketones is 1. The lowest BCUT2D eigenvalue weighted by Gasteiger charge is -2.38. The zero-order chi connectivity index (χ0) is 19.7. The van der Waals surface area contributed by atoms with Crippen molar-refractivity contribution in [2.45, 2.75) is 91.8 Å². The summed E-state index contributed by atoms with van der Waals surface area (Å²) in [6.07, 6.45) is 4.81. The number of hydrogen-bond donors (Lipinski definition) is 4. The molecule has 0 aliphatic rings. The SMILES string of the molecule is CCC(N)(CC)NC(CC(C)CCN=C(N)N)C(=O)C(C)(CC)CC. The van der Waals surface area contributed by atoms with Crippen LogP contribution >= 0.6 is 0 Å². The van der Waals surface area contributed by atoms with Crippen molar-refractivity contribution in [1.29, 1.82) is 0 Å². The Hall–Kier alpha value is -1.14. The maximum atomic E-state index is 13.3. The molecule has 2 unspecified atom stereocenters. The average Bonchev–Trinajstić information content (AvgIpc) is 2.59. The van der Waals surface area contributed by atoms with Gasteiger partial charge in [0.15, 0.2) is 11.7 Å². The molecule has 0 saturated heterocycles. The third kappa shape index (κ3) is 7.74. The van der Waals surface area contributed by atoms with Crippen molar-refractivity contribution >= 4 is 11.7 Å². The summed E-state index contributed by atoms with van der Waals surface area (Å²) >= 11 is 0. The van der Waals surface area contributed by atoms with Gasteiger partial charge < -0.3 is 17.2 Å². The zero-order valence-corrected chi connectivity index (χ0v) is 17.2. The third-order valence-corrected chi connectivity index (χ3v) is 5.75. The largest absolute Gasteiger partial charge is 0.370 e. The molecule has 0 aromatic carbocycles. The Morgan fingerprint density at radius 1 is 1.08 bits per heavy atom. The van der Waals surface area contributed by atoms with E-state index in [9.17, 15) is 4.79 Å². The van der Waals surface area contributed by atoms with Crippen LogP contribution in [0.4, 0.5) is 0 Å². The molecule has 0 amide bonds. The second-order valence-corrected chi connectivity index (χ2v) is 7.63. The highest BCUT2D eigenvalue weighted by Gasteiger charge is 2.38. The number of rotatable bonds is 13. The van der Waals surface area contributed by atoms with Crippen molar-refractivity contribution < 1.29 is 4.79 Å². The van der Waals surface area contributed by atoms with Gasteiger partial charge in [0.25, 0.3) is 0 Å². The lowest BCUT2D eigenvalue weighted by molar-refractivity contribution is -0.131. The van der Waals surface area contributed by atoms with Gasteiger partial charge in [0.1, 0.15) is 0 Å². The second-order valence-electron chi connectivity index (χ2n) is 7.63. The molecule has 0 heterocycles. The molecule has 0 bridgehead atoms. The normalized spacial score (nSPS) is 14.8. The molecule has 6 heteroatoms. The van der Waals surface area contributed by atoms with E-state index in [1.807, 2.05) is 0 Å². The van der Waals surface area contributed by atoms with Gasteiger partial charge in [-0.25, -0.2) is 0 Å². The number of hydrogen-bond acceptors (Lipinski definition) is 4. The molecule has 0 saturated carbocycles. The van der Waals surface area contributed by atoms with Gasteiger partial charge in [0.2, 0.25) is 0 Å². The third-order valence-electron chi connectivity index (χ3n) is 5.75. The average molecular weight is 356 g/mol. The molecule has 0 aliphatic carbocycles. The van der Waals surface area contributed by atoms with E-state index in [1.54, 1.807) is 0 Å². The predicted octanol–water partition coefficient (Wildman–Crippen LogP) is 2.50. The number of nitrogens with zero attached hydrogens (tertiary/aromatic N) is 1. The van der Waals surface area contributed by atoms with E-state index in [0.29, 0.717) is 12.5 Å². The van der Waals surface area contributed by atoms with E-state index in [1.165, 1.54) is 0 Å². The molecule has 0 rings (SSSR count). The summed E-state index contributed by atoms with van der Waals surface area (Å²) in [4.78, 5) is 17.3. The number of guanidine groups is 1. The van der Waals surface area contributed by atoms with Gasteiger partial charge in [-0.15, -0.1) is 0 Å².